The van der Waals surface area contributed by atoms with Gasteiger partial charge in [0.1, 0.15) is 5.60 Å². The average Bonchev–Trinajstić information content (AvgIpc) is 2.97. The summed E-state index contributed by atoms with van der Waals surface area (Å²) in [6, 6.07) is 1.21. The van der Waals surface area contributed by atoms with Crippen molar-refractivity contribution in [3.05, 3.63) is 12.2 Å². The Morgan fingerprint density at radius 2 is 2.09 bits per heavy atom. The van der Waals surface area contributed by atoms with Crippen molar-refractivity contribution in [2.45, 2.75) is 70.6 Å². The molecule has 0 aliphatic heterocycles. The van der Waals surface area contributed by atoms with Crippen LogP contribution in [-0.4, -0.2) is 30.3 Å². The third kappa shape index (κ3) is 3.65. The molecule has 0 radical (unpaired) electrons. The summed E-state index contributed by atoms with van der Waals surface area (Å²) in [6.07, 6.45) is 10.7. The molecule has 0 aromatic heterocycles. The summed E-state index contributed by atoms with van der Waals surface area (Å²) in [4.78, 5) is 11.8. The highest BCUT2D eigenvalue weighted by atomic mass is 16.6. The molecule has 3 aliphatic carbocycles. The molecule has 0 bridgehead atoms. The van der Waals surface area contributed by atoms with E-state index in [1.165, 1.54) is 32.1 Å². The Balaban J connectivity index is 1.43. The minimum Gasteiger partial charge on any atom is -0.444 e. The number of alkyl carbamates (subject to hydrolysis) is 1. The Morgan fingerprint density at radius 3 is 2.82 bits per heavy atom. The number of nitrogens with one attached hydrogen (secondary N) is 2. The van der Waals surface area contributed by atoms with Crippen LogP contribution in [-0.2, 0) is 4.74 Å². The molecule has 3 rings (SSSR count). The highest BCUT2D eigenvalue weighted by Crippen LogP contribution is 2.43. The van der Waals surface area contributed by atoms with Crippen LogP contribution in [0.15, 0.2) is 12.2 Å². The van der Waals surface area contributed by atoms with Crippen LogP contribution in [0.1, 0.15) is 52.9 Å². The van der Waals surface area contributed by atoms with Gasteiger partial charge in [-0.15, -0.1) is 0 Å². The molecule has 1 amide bonds. The Labute approximate surface area is 134 Å². The number of amides is 1. The number of rotatable bonds is 4. The van der Waals surface area contributed by atoms with Crippen molar-refractivity contribution in [1.29, 1.82) is 0 Å². The van der Waals surface area contributed by atoms with Crippen LogP contribution in [0.3, 0.4) is 0 Å². The van der Waals surface area contributed by atoms with Crippen LogP contribution in [0.25, 0.3) is 0 Å². The van der Waals surface area contributed by atoms with Crippen LogP contribution in [0.5, 0.6) is 0 Å². The van der Waals surface area contributed by atoms with Gasteiger partial charge in [-0.1, -0.05) is 18.6 Å². The maximum atomic E-state index is 11.8. The van der Waals surface area contributed by atoms with Crippen molar-refractivity contribution in [1.82, 2.24) is 10.6 Å². The largest absolute Gasteiger partial charge is 0.444 e. The van der Waals surface area contributed by atoms with Crippen molar-refractivity contribution >= 4 is 6.09 Å². The third-order valence-corrected chi connectivity index (χ3v) is 5.36. The molecule has 2 fully saturated rings. The maximum Gasteiger partial charge on any atom is 0.407 e. The van der Waals surface area contributed by atoms with Gasteiger partial charge in [0.15, 0.2) is 0 Å². The van der Waals surface area contributed by atoms with Crippen LogP contribution >= 0.6 is 0 Å². The molecule has 4 heteroatoms. The van der Waals surface area contributed by atoms with Crippen molar-refractivity contribution < 1.29 is 9.53 Å². The van der Waals surface area contributed by atoms with Gasteiger partial charge in [-0.25, -0.2) is 4.79 Å². The molecule has 0 heterocycles. The van der Waals surface area contributed by atoms with Crippen LogP contribution < -0.4 is 10.6 Å². The zero-order valence-electron chi connectivity index (χ0n) is 14.1. The molecule has 4 nitrogen and oxygen atoms in total. The summed E-state index contributed by atoms with van der Waals surface area (Å²) in [5.74, 6) is 2.20. The number of fused-ring (bicyclic) bond motifs is 1. The normalized spacial score (nSPS) is 36.8. The average molecular weight is 306 g/mol. The number of hydrogen-bond acceptors (Lipinski definition) is 3. The smallest absolute Gasteiger partial charge is 0.407 e. The number of allylic oxidation sites excluding steroid dienone is 1. The van der Waals surface area contributed by atoms with Gasteiger partial charge in [0.25, 0.3) is 0 Å². The van der Waals surface area contributed by atoms with Crippen LogP contribution in [0, 0.1) is 17.8 Å². The SMILES string of the molecule is CC(C)(C)OC(=O)NCC1CCCC1NC1CC2CC=CC21. The van der Waals surface area contributed by atoms with E-state index < -0.39 is 5.60 Å². The third-order valence-electron chi connectivity index (χ3n) is 5.36. The lowest BCUT2D eigenvalue weighted by Gasteiger charge is -2.43. The van der Waals surface area contributed by atoms with Gasteiger partial charge in [0, 0.05) is 18.6 Å². The van der Waals surface area contributed by atoms with E-state index in [0.717, 1.165) is 18.4 Å². The van der Waals surface area contributed by atoms with Gasteiger partial charge >= 0.3 is 6.09 Å². The minimum atomic E-state index is -0.423. The fourth-order valence-electron chi connectivity index (χ4n) is 4.21. The summed E-state index contributed by atoms with van der Waals surface area (Å²) in [6.45, 7) is 6.42. The topological polar surface area (TPSA) is 50.4 Å². The van der Waals surface area contributed by atoms with E-state index in [-0.39, 0.29) is 6.09 Å². The van der Waals surface area contributed by atoms with Crippen molar-refractivity contribution in [3.8, 4) is 0 Å². The van der Waals surface area contributed by atoms with E-state index >= 15 is 0 Å². The van der Waals surface area contributed by atoms with Gasteiger partial charge in [0.2, 0.25) is 0 Å². The predicted molar refractivity (Wildman–Crippen MR) is 87.6 cm³/mol. The lowest BCUT2D eigenvalue weighted by Crippen LogP contribution is -2.53. The molecule has 0 aromatic rings. The Bertz CT molecular complexity index is 441. The van der Waals surface area contributed by atoms with Crippen molar-refractivity contribution in [3.63, 3.8) is 0 Å². The van der Waals surface area contributed by atoms with Gasteiger partial charge in [-0.3, -0.25) is 0 Å². The Morgan fingerprint density at radius 1 is 1.27 bits per heavy atom. The quantitative estimate of drug-likeness (QED) is 0.784. The summed E-state index contributed by atoms with van der Waals surface area (Å²) < 4.78 is 5.32. The summed E-state index contributed by atoms with van der Waals surface area (Å²) >= 11 is 0. The molecular weight excluding hydrogens is 276 g/mol. The highest BCUT2D eigenvalue weighted by molar-refractivity contribution is 5.67. The molecule has 5 atom stereocenters. The molecule has 2 saturated carbocycles. The van der Waals surface area contributed by atoms with Crippen LogP contribution in [0.2, 0.25) is 0 Å². The fraction of sp³-hybridized carbons (Fsp3) is 0.833. The number of carbonyl (C=O) groups is 1. The van der Waals surface area contributed by atoms with E-state index in [1.54, 1.807) is 0 Å². The van der Waals surface area contributed by atoms with Gasteiger partial charge in [0.05, 0.1) is 0 Å². The minimum absolute atomic E-state index is 0.291. The molecular formula is C18H30N2O2. The molecule has 3 aliphatic rings. The number of carbonyl (C=O) groups excluding carboxylic acids is 1. The number of hydrogen-bond donors (Lipinski definition) is 2. The van der Waals surface area contributed by atoms with E-state index in [1.807, 2.05) is 20.8 Å². The lowest BCUT2D eigenvalue weighted by atomic mass is 9.71. The van der Waals surface area contributed by atoms with E-state index in [2.05, 4.69) is 22.8 Å². The first-order valence-electron chi connectivity index (χ1n) is 8.82. The van der Waals surface area contributed by atoms with E-state index in [0.29, 0.717) is 18.0 Å². The van der Waals surface area contributed by atoms with E-state index in [9.17, 15) is 4.79 Å². The Hall–Kier alpha value is -1.03. The monoisotopic (exact) mass is 306 g/mol. The first-order chi connectivity index (χ1) is 10.4. The molecule has 22 heavy (non-hydrogen) atoms. The fourth-order valence-corrected chi connectivity index (χ4v) is 4.21. The zero-order valence-corrected chi connectivity index (χ0v) is 14.1. The van der Waals surface area contributed by atoms with Gasteiger partial charge < -0.3 is 15.4 Å². The van der Waals surface area contributed by atoms with Crippen LogP contribution in [0.4, 0.5) is 4.79 Å². The van der Waals surface area contributed by atoms with Crippen molar-refractivity contribution in [2.75, 3.05) is 6.54 Å². The zero-order chi connectivity index (χ0) is 15.7. The predicted octanol–water partition coefficient (Wildman–Crippen LogP) is 3.23. The second-order valence-electron chi connectivity index (χ2n) is 8.19. The van der Waals surface area contributed by atoms with Gasteiger partial charge in [-0.05, 0) is 64.2 Å². The molecule has 2 N–H and O–H groups in total. The standard InChI is InChI=1S/C18H30N2O2/c1-18(2,3)22-17(21)19-11-13-7-5-9-15(13)20-16-10-12-6-4-8-14(12)16/h4,8,12-16,20H,5-7,9-11H2,1-3H3,(H,19,21). The summed E-state index contributed by atoms with van der Waals surface area (Å²) in [5, 5.41) is 6.82. The second-order valence-corrected chi connectivity index (χ2v) is 8.19. The Kier molecular flexibility index (Phi) is 4.49. The molecule has 0 aromatic carbocycles. The van der Waals surface area contributed by atoms with Crippen molar-refractivity contribution in [2.24, 2.45) is 17.8 Å². The molecule has 0 saturated heterocycles. The summed E-state index contributed by atoms with van der Waals surface area (Å²) in [5.41, 5.74) is -0.423. The maximum absolute atomic E-state index is 11.8. The van der Waals surface area contributed by atoms with Gasteiger partial charge in [-0.2, -0.15) is 0 Å². The van der Waals surface area contributed by atoms with E-state index in [4.69, 9.17) is 4.74 Å². The lowest BCUT2D eigenvalue weighted by molar-refractivity contribution is 0.0515. The highest BCUT2D eigenvalue weighted by Gasteiger charge is 2.43. The first-order valence-corrected chi connectivity index (χ1v) is 8.82. The second kappa shape index (κ2) is 6.23. The number of ether oxygens (including phenoxy) is 1. The molecule has 5 unspecified atom stereocenters. The summed E-state index contributed by atoms with van der Waals surface area (Å²) in [7, 11) is 0. The molecule has 124 valence electrons. The first kappa shape index (κ1) is 15.9. The molecule has 0 spiro atoms.